The van der Waals surface area contributed by atoms with Gasteiger partial charge in [-0.05, 0) is 62.9 Å². The van der Waals surface area contributed by atoms with E-state index in [-0.39, 0.29) is 11.8 Å². The normalized spacial score (nSPS) is 13.1. The standard InChI is InChI=1S/C31H42N4O3S/c1-22(2)15-16-32-27(18-25-20-39-21-33-25)29(36)34-28(30(37)35-31(3,4)5)17-23-11-13-26(14-12-23)38-19-24-9-7-6-8-10-24/h6-14,20-22,27-28,32H,15-19H2,1-5H3,(H,34,36)(H,35,37)/t27-,28?/m0/s1. The maximum Gasteiger partial charge on any atom is 0.243 e. The molecule has 1 heterocycles. The summed E-state index contributed by atoms with van der Waals surface area (Å²) < 4.78 is 5.90. The molecule has 7 nitrogen and oxygen atoms in total. The van der Waals surface area contributed by atoms with Crippen LogP contribution in [-0.4, -0.2) is 41.0 Å². The van der Waals surface area contributed by atoms with Gasteiger partial charge in [-0.25, -0.2) is 4.98 Å². The first kappa shape index (κ1) is 30.3. The Morgan fingerprint density at radius 1 is 0.923 bits per heavy atom. The maximum absolute atomic E-state index is 13.5. The van der Waals surface area contributed by atoms with E-state index in [1.807, 2.05) is 80.7 Å². The Labute approximate surface area is 236 Å². The van der Waals surface area contributed by atoms with Crippen LogP contribution in [0, 0.1) is 5.92 Å². The van der Waals surface area contributed by atoms with Crippen LogP contribution in [0.5, 0.6) is 5.75 Å². The number of carbonyl (C=O) groups excluding carboxylic acids is 2. The number of ether oxygens (including phenoxy) is 1. The lowest BCUT2D eigenvalue weighted by Gasteiger charge is -2.27. The Balaban J connectivity index is 1.70. The molecule has 3 rings (SSSR count). The third kappa shape index (κ3) is 11.2. The molecule has 0 saturated carbocycles. The average molecular weight is 551 g/mol. The summed E-state index contributed by atoms with van der Waals surface area (Å²) in [4.78, 5) is 31.1. The van der Waals surface area contributed by atoms with Crippen molar-refractivity contribution < 1.29 is 14.3 Å². The minimum atomic E-state index is -0.724. The van der Waals surface area contributed by atoms with Crippen LogP contribution >= 0.6 is 11.3 Å². The third-order valence-corrected chi connectivity index (χ3v) is 6.70. The Hall–Kier alpha value is -3.23. The lowest BCUT2D eigenvalue weighted by Crippen LogP contribution is -2.56. The molecule has 0 saturated heterocycles. The molecule has 0 aliphatic carbocycles. The first-order valence-electron chi connectivity index (χ1n) is 13.6. The van der Waals surface area contributed by atoms with Crippen LogP contribution in [0.3, 0.4) is 0 Å². The number of rotatable bonds is 14. The summed E-state index contributed by atoms with van der Waals surface area (Å²) in [5, 5.41) is 11.4. The van der Waals surface area contributed by atoms with Gasteiger partial charge >= 0.3 is 0 Å². The molecule has 1 aromatic heterocycles. The molecule has 2 aromatic carbocycles. The van der Waals surface area contributed by atoms with E-state index in [0.29, 0.717) is 31.9 Å². The minimum Gasteiger partial charge on any atom is -0.489 e. The van der Waals surface area contributed by atoms with Gasteiger partial charge in [0.25, 0.3) is 0 Å². The van der Waals surface area contributed by atoms with Gasteiger partial charge in [-0.2, -0.15) is 0 Å². The van der Waals surface area contributed by atoms with Crippen molar-refractivity contribution in [2.75, 3.05) is 6.54 Å². The Morgan fingerprint density at radius 2 is 1.64 bits per heavy atom. The molecule has 3 aromatic rings. The van der Waals surface area contributed by atoms with E-state index in [4.69, 9.17) is 4.74 Å². The molecule has 0 spiro atoms. The van der Waals surface area contributed by atoms with Crippen LogP contribution in [0.15, 0.2) is 65.5 Å². The molecule has 39 heavy (non-hydrogen) atoms. The Kier molecular flexibility index (Phi) is 11.5. The average Bonchev–Trinajstić information content (AvgIpc) is 3.40. The summed E-state index contributed by atoms with van der Waals surface area (Å²) in [5.41, 5.74) is 4.23. The molecular weight excluding hydrogens is 508 g/mol. The second kappa shape index (κ2) is 14.8. The predicted molar refractivity (Wildman–Crippen MR) is 158 cm³/mol. The van der Waals surface area contributed by atoms with Crippen molar-refractivity contribution in [2.24, 2.45) is 5.92 Å². The van der Waals surface area contributed by atoms with Gasteiger partial charge in [0.05, 0.1) is 17.2 Å². The predicted octanol–water partition coefficient (Wildman–Crippen LogP) is 4.91. The van der Waals surface area contributed by atoms with Crippen molar-refractivity contribution >= 4 is 23.2 Å². The van der Waals surface area contributed by atoms with Crippen LogP contribution in [0.2, 0.25) is 0 Å². The summed E-state index contributed by atoms with van der Waals surface area (Å²) in [6, 6.07) is 16.5. The number of carbonyl (C=O) groups is 2. The van der Waals surface area contributed by atoms with Crippen molar-refractivity contribution in [3.63, 3.8) is 0 Å². The highest BCUT2D eigenvalue weighted by atomic mass is 32.1. The fourth-order valence-corrected chi connectivity index (χ4v) is 4.56. The van der Waals surface area contributed by atoms with Crippen LogP contribution in [0.1, 0.15) is 57.9 Å². The van der Waals surface area contributed by atoms with E-state index in [1.54, 1.807) is 5.51 Å². The van der Waals surface area contributed by atoms with E-state index >= 15 is 0 Å². The van der Waals surface area contributed by atoms with E-state index in [2.05, 4.69) is 34.8 Å². The summed E-state index contributed by atoms with van der Waals surface area (Å²) in [5.74, 6) is 0.851. The fraction of sp³-hybridized carbons (Fsp3) is 0.452. The van der Waals surface area contributed by atoms with Gasteiger partial charge in [-0.15, -0.1) is 11.3 Å². The highest BCUT2D eigenvalue weighted by Crippen LogP contribution is 2.16. The Bertz CT molecular complexity index is 1140. The van der Waals surface area contributed by atoms with Crippen molar-refractivity contribution in [3.05, 3.63) is 82.3 Å². The SMILES string of the molecule is CC(C)CCN[C@@H](Cc1cscn1)C(=O)NC(Cc1ccc(OCc2ccccc2)cc1)C(=O)NC(C)(C)C. The van der Waals surface area contributed by atoms with Gasteiger partial charge in [0.15, 0.2) is 0 Å². The van der Waals surface area contributed by atoms with Crippen LogP contribution in [-0.2, 0) is 29.0 Å². The molecule has 2 amide bonds. The molecule has 0 aliphatic rings. The largest absolute Gasteiger partial charge is 0.489 e. The number of nitrogens with one attached hydrogen (secondary N) is 3. The monoisotopic (exact) mass is 550 g/mol. The van der Waals surface area contributed by atoms with Gasteiger partial charge in [-0.1, -0.05) is 56.3 Å². The van der Waals surface area contributed by atoms with Crippen molar-refractivity contribution in [3.8, 4) is 5.75 Å². The molecule has 2 atom stereocenters. The van der Waals surface area contributed by atoms with Gasteiger partial charge in [0, 0.05) is 23.8 Å². The summed E-state index contributed by atoms with van der Waals surface area (Å²) in [6.45, 7) is 11.3. The highest BCUT2D eigenvalue weighted by Gasteiger charge is 2.28. The quantitative estimate of drug-likeness (QED) is 0.265. The zero-order valence-electron chi connectivity index (χ0n) is 23.7. The molecule has 0 fully saturated rings. The molecular formula is C31H42N4O3S. The molecule has 8 heteroatoms. The summed E-state index contributed by atoms with van der Waals surface area (Å²) in [6.07, 6.45) is 1.78. The second-order valence-corrected chi connectivity index (χ2v) is 12.0. The fourth-order valence-electron chi connectivity index (χ4n) is 3.99. The molecule has 1 unspecified atom stereocenters. The number of thiazole rings is 1. The zero-order chi connectivity index (χ0) is 28.3. The van der Waals surface area contributed by atoms with Crippen LogP contribution in [0.4, 0.5) is 0 Å². The van der Waals surface area contributed by atoms with Crippen LogP contribution in [0.25, 0.3) is 0 Å². The second-order valence-electron chi connectivity index (χ2n) is 11.3. The molecule has 210 valence electrons. The molecule has 0 bridgehead atoms. The van der Waals surface area contributed by atoms with E-state index in [9.17, 15) is 9.59 Å². The first-order chi connectivity index (χ1) is 18.6. The summed E-state index contributed by atoms with van der Waals surface area (Å²) in [7, 11) is 0. The third-order valence-electron chi connectivity index (χ3n) is 6.07. The lowest BCUT2D eigenvalue weighted by molar-refractivity contribution is -0.130. The maximum atomic E-state index is 13.5. The van der Waals surface area contributed by atoms with E-state index in [0.717, 1.165) is 29.0 Å². The highest BCUT2D eigenvalue weighted by molar-refractivity contribution is 7.07. The van der Waals surface area contributed by atoms with E-state index in [1.165, 1.54) is 11.3 Å². The van der Waals surface area contributed by atoms with Gasteiger partial charge in [0.1, 0.15) is 18.4 Å². The smallest absolute Gasteiger partial charge is 0.243 e. The van der Waals surface area contributed by atoms with Crippen molar-refractivity contribution in [1.29, 1.82) is 0 Å². The topological polar surface area (TPSA) is 92.3 Å². The number of hydrogen-bond donors (Lipinski definition) is 3. The van der Waals surface area contributed by atoms with Crippen LogP contribution < -0.4 is 20.7 Å². The minimum absolute atomic E-state index is 0.205. The number of amides is 2. The molecule has 0 aliphatic heterocycles. The summed E-state index contributed by atoms with van der Waals surface area (Å²) >= 11 is 1.51. The number of hydrogen-bond acceptors (Lipinski definition) is 6. The molecule has 3 N–H and O–H groups in total. The first-order valence-corrected chi connectivity index (χ1v) is 14.5. The lowest BCUT2D eigenvalue weighted by atomic mass is 10.0. The Morgan fingerprint density at radius 3 is 2.26 bits per heavy atom. The van der Waals surface area contributed by atoms with Crippen molar-refractivity contribution in [2.45, 2.75) is 78.1 Å². The number of aromatic nitrogens is 1. The van der Waals surface area contributed by atoms with Gasteiger partial charge < -0.3 is 20.7 Å². The number of benzene rings is 2. The van der Waals surface area contributed by atoms with Gasteiger partial charge in [-0.3, -0.25) is 9.59 Å². The van der Waals surface area contributed by atoms with E-state index < -0.39 is 17.6 Å². The molecule has 0 radical (unpaired) electrons. The van der Waals surface area contributed by atoms with Crippen molar-refractivity contribution in [1.82, 2.24) is 20.9 Å². The number of nitrogens with zero attached hydrogens (tertiary/aromatic N) is 1. The zero-order valence-corrected chi connectivity index (χ0v) is 24.5. The van der Waals surface area contributed by atoms with Gasteiger partial charge in [0.2, 0.25) is 11.8 Å².